The zero-order valence-corrected chi connectivity index (χ0v) is 16.1. The number of anilines is 1. The molecule has 6 heteroatoms. The van der Waals surface area contributed by atoms with E-state index in [2.05, 4.69) is 5.32 Å². The number of benzene rings is 1. The molecule has 6 nitrogen and oxygen atoms in total. The summed E-state index contributed by atoms with van der Waals surface area (Å²) in [6.07, 6.45) is 1.77. The zero-order chi connectivity index (χ0) is 18.8. The number of carbonyl (C=O) groups excluding carboxylic acids is 2. The van der Waals surface area contributed by atoms with Crippen molar-refractivity contribution >= 4 is 17.5 Å². The molecule has 0 radical (unpaired) electrons. The first kappa shape index (κ1) is 18.7. The molecule has 3 rings (SSSR count). The molecule has 2 aliphatic rings. The van der Waals surface area contributed by atoms with Crippen molar-refractivity contribution in [3.05, 3.63) is 29.8 Å². The Morgan fingerprint density at radius 2 is 1.73 bits per heavy atom. The fourth-order valence-corrected chi connectivity index (χ4v) is 4.34. The predicted octanol–water partition coefficient (Wildman–Crippen LogP) is 1.75. The van der Waals surface area contributed by atoms with Gasteiger partial charge in [-0.25, -0.2) is 0 Å². The quantitative estimate of drug-likeness (QED) is 0.890. The van der Waals surface area contributed by atoms with Crippen LogP contribution in [0.1, 0.15) is 30.1 Å². The molecule has 1 aliphatic heterocycles. The number of ether oxygens (including phenoxy) is 1. The third-order valence-corrected chi connectivity index (χ3v) is 5.73. The van der Waals surface area contributed by atoms with E-state index in [0.29, 0.717) is 11.8 Å². The largest absolute Gasteiger partial charge is 0.379 e. The highest BCUT2D eigenvalue weighted by Crippen LogP contribution is 2.38. The highest BCUT2D eigenvalue weighted by Gasteiger charge is 2.43. The third kappa shape index (κ3) is 3.85. The summed E-state index contributed by atoms with van der Waals surface area (Å²) in [6, 6.07) is 7.79. The molecule has 0 unspecified atom stereocenters. The van der Waals surface area contributed by atoms with Gasteiger partial charge < -0.3 is 19.9 Å². The van der Waals surface area contributed by atoms with Crippen LogP contribution in [0.25, 0.3) is 0 Å². The Morgan fingerprint density at radius 3 is 2.27 bits per heavy atom. The van der Waals surface area contributed by atoms with Gasteiger partial charge in [0.15, 0.2) is 0 Å². The number of amides is 2. The monoisotopic (exact) mass is 359 g/mol. The van der Waals surface area contributed by atoms with E-state index in [1.165, 1.54) is 0 Å². The van der Waals surface area contributed by atoms with Crippen LogP contribution in [0.2, 0.25) is 0 Å². The lowest BCUT2D eigenvalue weighted by Crippen LogP contribution is -2.49. The van der Waals surface area contributed by atoms with Crippen molar-refractivity contribution < 1.29 is 14.3 Å². The zero-order valence-electron chi connectivity index (χ0n) is 16.1. The summed E-state index contributed by atoms with van der Waals surface area (Å²) in [4.78, 5) is 28.3. The van der Waals surface area contributed by atoms with Crippen molar-refractivity contribution in [2.45, 2.75) is 31.9 Å². The van der Waals surface area contributed by atoms with Crippen LogP contribution in [0.3, 0.4) is 0 Å². The number of carbonyl (C=O) groups is 2. The fourth-order valence-electron chi connectivity index (χ4n) is 4.34. The van der Waals surface area contributed by atoms with Gasteiger partial charge in [-0.15, -0.1) is 0 Å². The maximum Gasteiger partial charge on any atom is 0.253 e. The summed E-state index contributed by atoms with van der Waals surface area (Å²) in [7, 11) is 5.67. The number of methoxy groups -OCH3 is 1. The van der Waals surface area contributed by atoms with Crippen LogP contribution < -0.4 is 10.2 Å². The summed E-state index contributed by atoms with van der Waals surface area (Å²) in [5.41, 5.74) is 1.81. The molecule has 1 saturated carbocycles. The Kier molecular flexibility index (Phi) is 5.51. The Bertz CT molecular complexity index is 659. The van der Waals surface area contributed by atoms with Gasteiger partial charge in [-0.2, -0.15) is 0 Å². The van der Waals surface area contributed by atoms with E-state index in [0.717, 1.165) is 37.2 Å². The Labute approximate surface area is 155 Å². The Morgan fingerprint density at radius 1 is 1.12 bits per heavy atom. The molecule has 0 spiro atoms. The first-order chi connectivity index (χ1) is 12.4. The normalized spacial score (nSPS) is 27.8. The Balaban J connectivity index is 1.67. The first-order valence-electron chi connectivity index (χ1n) is 9.25. The van der Waals surface area contributed by atoms with Gasteiger partial charge >= 0.3 is 0 Å². The average molecular weight is 359 g/mol. The van der Waals surface area contributed by atoms with E-state index in [-0.39, 0.29) is 24.0 Å². The fraction of sp³-hybridized carbons (Fsp3) is 0.600. The predicted molar refractivity (Wildman–Crippen MR) is 101 cm³/mol. The smallest absolute Gasteiger partial charge is 0.253 e. The molecule has 2 fully saturated rings. The molecular formula is C20H29N3O3. The van der Waals surface area contributed by atoms with E-state index < -0.39 is 0 Å². The highest BCUT2D eigenvalue weighted by atomic mass is 16.5. The topological polar surface area (TPSA) is 61.9 Å². The Hall–Kier alpha value is -2.08. The standard InChI is InChI=1S/C20H29N3O3/c1-13(24)21-18-9-15-11-23(12-16(15)10-19(18)26-4)20(25)14-5-7-17(8-6-14)22(2)3/h5-8,15-16,18-19H,9-12H2,1-4H3,(H,21,24)/t15-,16+,18-,19-/m1/s1. The van der Waals surface area contributed by atoms with Gasteiger partial charge in [0, 0.05) is 52.5 Å². The van der Waals surface area contributed by atoms with Gasteiger partial charge in [0.05, 0.1) is 12.1 Å². The van der Waals surface area contributed by atoms with Crippen LogP contribution in [-0.4, -0.2) is 63.2 Å². The van der Waals surface area contributed by atoms with Crippen molar-refractivity contribution in [1.82, 2.24) is 10.2 Å². The summed E-state index contributed by atoms with van der Waals surface area (Å²) in [5, 5.41) is 3.02. The van der Waals surface area contributed by atoms with Crippen molar-refractivity contribution in [2.24, 2.45) is 11.8 Å². The maximum absolute atomic E-state index is 12.9. The van der Waals surface area contributed by atoms with Crippen LogP contribution in [0, 0.1) is 11.8 Å². The van der Waals surface area contributed by atoms with Crippen LogP contribution in [0.4, 0.5) is 5.69 Å². The van der Waals surface area contributed by atoms with E-state index in [4.69, 9.17) is 4.74 Å². The highest BCUT2D eigenvalue weighted by molar-refractivity contribution is 5.94. The number of likely N-dealkylation sites (tertiary alicyclic amines) is 1. The van der Waals surface area contributed by atoms with Crippen molar-refractivity contribution in [3.8, 4) is 0 Å². The van der Waals surface area contributed by atoms with Crippen LogP contribution >= 0.6 is 0 Å². The molecule has 1 saturated heterocycles. The minimum atomic E-state index is -0.0255. The molecule has 1 heterocycles. The molecule has 0 bridgehead atoms. The number of rotatable bonds is 4. The van der Waals surface area contributed by atoms with Crippen molar-refractivity contribution in [3.63, 3.8) is 0 Å². The molecule has 0 aromatic heterocycles. The minimum absolute atomic E-state index is 0.0228. The third-order valence-electron chi connectivity index (χ3n) is 5.73. The molecular weight excluding hydrogens is 330 g/mol. The lowest BCUT2D eigenvalue weighted by Gasteiger charge is -2.37. The number of fused-ring (bicyclic) bond motifs is 1. The van der Waals surface area contributed by atoms with Gasteiger partial charge in [-0.05, 0) is 48.9 Å². The van der Waals surface area contributed by atoms with E-state index in [9.17, 15) is 9.59 Å². The lowest BCUT2D eigenvalue weighted by atomic mass is 9.77. The van der Waals surface area contributed by atoms with E-state index in [1.807, 2.05) is 48.2 Å². The van der Waals surface area contributed by atoms with Gasteiger partial charge in [-0.3, -0.25) is 9.59 Å². The summed E-state index contributed by atoms with van der Waals surface area (Å²) in [6.45, 7) is 3.07. The summed E-state index contributed by atoms with van der Waals surface area (Å²) >= 11 is 0. The molecule has 4 atom stereocenters. The number of hydrogen-bond donors (Lipinski definition) is 1. The molecule has 1 aliphatic carbocycles. The van der Waals surface area contributed by atoms with Gasteiger partial charge in [0.25, 0.3) is 5.91 Å². The second-order valence-electron chi connectivity index (χ2n) is 7.72. The van der Waals surface area contributed by atoms with Crippen LogP contribution in [0.5, 0.6) is 0 Å². The molecule has 1 aromatic rings. The number of nitrogens with one attached hydrogen (secondary N) is 1. The number of hydrogen-bond acceptors (Lipinski definition) is 4. The number of nitrogens with zero attached hydrogens (tertiary/aromatic N) is 2. The summed E-state index contributed by atoms with van der Waals surface area (Å²) in [5.74, 6) is 0.926. The maximum atomic E-state index is 12.9. The van der Waals surface area contributed by atoms with E-state index in [1.54, 1.807) is 14.0 Å². The SMILES string of the molecule is CO[C@@H]1C[C@H]2CN(C(=O)c3ccc(N(C)C)cc3)C[C@H]2C[C@H]1NC(C)=O. The average Bonchev–Trinajstić information content (AvgIpc) is 3.02. The van der Waals surface area contributed by atoms with Crippen LogP contribution in [0.15, 0.2) is 24.3 Å². The van der Waals surface area contributed by atoms with Crippen molar-refractivity contribution in [1.29, 1.82) is 0 Å². The summed E-state index contributed by atoms with van der Waals surface area (Å²) < 4.78 is 5.61. The lowest BCUT2D eigenvalue weighted by molar-refractivity contribution is -0.121. The minimum Gasteiger partial charge on any atom is -0.379 e. The van der Waals surface area contributed by atoms with Crippen molar-refractivity contribution in [2.75, 3.05) is 39.2 Å². The van der Waals surface area contributed by atoms with Gasteiger partial charge in [-0.1, -0.05) is 0 Å². The second-order valence-corrected chi connectivity index (χ2v) is 7.72. The first-order valence-corrected chi connectivity index (χ1v) is 9.25. The van der Waals surface area contributed by atoms with Gasteiger partial charge in [0.1, 0.15) is 0 Å². The second kappa shape index (κ2) is 7.66. The van der Waals surface area contributed by atoms with E-state index >= 15 is 0 Å². The molecule has 1 aromatic carbocycles. The molecule has 2 amide bonds. The molecule has 1 N–H and O–H groups in total. The molecule has 26 heavy (non-hydrogen) atoms. The van der Waals surface area contributed by atoms with Crippen LogP contribution in [-0.2, 0) is 9.53 Å². The van der Waals surface area contributed by atoms with Gasteiger partial charge in [0.2, 0.25) is 5.91 Å². The molecule has 142 valence electrons.